The fourth-order valence-corrected chi connectivity index (χ4v) is 3.92. The van der Waals surface area contributed by atoms with Crippen molar-refractivity contribution in [2.45, 2.75) is 16.7 Å². The normalized spacial score (nSPS) is 11.1. The number of sulfone groups is 1. The Hall–Kier alpha value is -1.78. The van der Waals surface area contributed by atoms with Gasteiger partial charge in [0.1, 0.15) is 0 Å². The molecule has 0 radical (unpaired) electrons. The first kappa shape index (κ1) is 15.6. The molecular formula is C17H16O2S2. The Bertz CT molecular complexity index is 758. The first-order chi connectivity index (χ1) is 9.91. The molecule has 108 valence electrons. The van der Waals surface area contributed by atoms with Crippen LogP contribution in [0, 0.1) is 6.92 Å². The van der Waals surface area contributed by atoms with E-state index in [0.29, 0.717) is 4.91 Å². The molecule has 0 fully saturated rings. The zero-order valence-corrected chi connectivity index (χ0v) is 13.4. The molecule has 0 saturated heterocycles. The van der Waals surface area contributed by atoms with Crippen LogP contribution in [0.25, 0.3) is 0 Å². The smallest absolute Gasteiger partial charge is 0.207 e. The maximum absolute atomic E-state index is 12.5. The van der Waals surface area contributed by atoms with Crippen molar-refractivity contribution in [3.63, 3.8) is 0 Å². The largest absolute Gasteiger partial charge is 0.218 e. The molecule has 2 aromatic carbocycles. The van der Waals surface area contributed by atoms with Crippen molar-refractivity contribution >= 4 is 21.6 Å². The number of thioether (sulfide) groups is 1. The Labute approximate surface area is 130 Å². The third kappa shape index (κ3) is 3.65. The van der Waals surface area contributed by atoms with Crippen LogP contribution in [0.3, 0.4) is 0 Å². The minimum Gasteiger partial charge on any atom is -0.218 e. The molecule has 0 aliphatic heterocycles. The monoisotopic (exact) mass is 316 g/mol. The van der Waals surface area contributed by atoms with Crippen molar-refractivity contribution in [3.05, 3.63) is 83.1 Å². The molecule has 2 aromatic rings. The summed E-state index contributed by atoms with van der Waals surface area (Å²) >= 11 is 1.30. The van der Waals surface area contributed by atoms with Crippen LogP contribution in [0.4, 0.5) is 0 Å². The number of benzene rings is 2. The lowest BCUT2D eigenvalue weighted by Gasteiger charge is -2.10. The molecule has 0 heterocycles. The van der Waals surface area contributed by atoms with Crippen molar-refractivity contribution in [1.82, 2.24) is 0 Å². The summed E-state index contributed by atoms with van der Waals surface area (Å²) in [7, 11) is -3.59. The Kier molecular flexibility index (Phi) is 4.70. The van der Waals surface area contributed by atoms with Gasteiger partial charge in [0.15, 0.2) is 0 Å². The van der Waals surface area contributed by atoms with Gasteiger partial charge in [0, 0.05) is 9.80 Å². The molecule has 0 bridgehead atoms. The van der Waals surface area contributed by atoms with Gasteiger partial charge in [-0.2, -0.15) is 0 Å². The molecule has 0 unspecified atom stereocenters. The third-order valence-electron chi connectivity index (χ3n) is 2.95. The molecule has 0 N–H and O–H groups in total. The molecule has 0 atom stereocenters. The summed E-state index contributed by atoms with van der Waals surface area (Å²) in [5.74, 6) is 0. The van der Waals surface area contributed by atoms with Crippen LogP contribution in [0.1, 0.15) is 5.56 Å². The van der Waals surface area contributed by atoms with Crippen molar-refractivity contribution in [1.29, 1.82) is 0 Å². The highest BCUT2D eigenvalue weighted by molar-refractivity contribution is 8.05. The SMILES string of the molecule is C=C(Sc1ccccc1)C(=C)S(=O)(=O)c1ccc(C)cc1. The summed E-state index contributed by atoms with van der Waals surface area (Å²) < 4.78 is 25.0. The molecule has 0 aromatic heterocycles. The highest BCUT2D eigenvalue weighted by Gasteiger charge is 2.21. The molecule has 0 amide bonds. The molecular weight excluding hydrogens is 300 g/mol. The standard InChI is InChI=1S/C17H16O2S2/c1-13-9-11-17(12-10-13)21(18,19)15(3)14(2)20-16-7-5-4-6-8-16/h4-12H,2-3H2,1H3. The molecule has 2 nitrogen and oxygen atoms in total. The Morgan fingerprint density at radius 1 is 0.952 bits per heavy atom. The number of hydrogen-bond donors (Lipinski definition) is 0. The van der Waals surface area contributed by atoms with E-state index in [1.54, 1.807) is 24.3 Å². The molecule has 0 aliphatic carbocycles. The minimum atomic E-state index is -3.59. The van der Waals surface area contributed by atoms with E-state index in [4.69, 9.17) is 0 Å². The second-order valence-electron chi connectivity index (χ2n) is 4.58. The highest BCUT2D eigenvalue weighted by Crippen LogP contribution is 2.34. The number of hydrogen-bond acceptors (Lipinski definition) is 3. The fraction of sp³-hybridized carbons (Fsp3) is 0.0588. The van der Waals surface area contributed by atoms with E-state index >= 15 is 0 Å². The molecule has 0 saturated carbocycles. The lowest BCUT2D eigenvalue weighted by molar-refractivity contribution is 0.603. The lowest BCUT2D eigenvalue weighted by Crippen LogP contribution is -2.04. The number of aryl methyl sites for hydroxylation is 1. The second kappa shape index (κ2) is 6.33. The third-order valence-corrected chi connectivity index (χ3v) is 5.87. The highest BCUT2D eigenvalue weighted by atomic mass is 32.2. The van der Waals surface area contributed by atoms with Crippen molar-refractivity contribution < 1.29 is 8.42 Å². The molecule has 2 rings (SSSR count). The van der Waals surface area contributed by atoms with Gasteiger partial charge in [-0.25, -0.2) is 8.42 Å². The van der Waals surface area contributed by atoms with Crippen LogP contribution in [0.2, 0.25) is 0 Å². The van der Waals surface area contributed by atoms with Gasteiger partial charge in [0.05, 0.1) is 9.80 Å². The van der Waals surface area contributed by atoms with E-state index in [-0.39, 0.29) is 9.80 Å². The van der Waals surface area contributed by atoms with Gasteiger partial charge in [-0.3, -0.25) is 0 Å². The zero-order chi connectivity index (χ0) is 15.5. The van der Waals surface area contributed by atoms with Crippen LogP contribution >= 0.6 is 11.8 Å². The predicted octanol–water partition coefficient (Wildman–Crippen LogP) is 4.59. The fourth-order valence-electron chi connectivity index (χ4n) is 1.70. The average molecular weight is 316 g/mol. The molecule has 21 heavy (non-hydrogen) atoms. The van der Waals surface area contributed by atoms with Crippen LogP contribution in [0.5, 0.6) is 0 Å². The maximum Gasteiger partial charge on any atom is 0.207 e. The summed E-state index contributed by atoms with van der Waals surface area (Å²) in [6.07, 6.45) is 0. The molecule has 0 spiro atoms. The van der Waals surface area contributed by atoms with Gasteiger partial charge in [-0.05, 0) is 31.2 Å². The predicted molar refractivity (Wildman–Crippen MR) is 88.9 cm³/mol. The van der Waals surface area contributed by atoms with Gasteiger partial charge in [-0.1, -0.05) is 60.8 Å². The van der Waals surface area contributed by atoms with Crippen molar-refractivity contribution in [2.75, 3.05) is 0 Å². The van der Waals surface area contributed by atoms with Crippen molar-refractivity contribution in [2.24, 2.45) is 0 Å². The van der Waals surface area contributed by atoms with E-state index in [9.17, 15) is 8.42 Å². The Balaban J connectivity index is 2.22. The van der Waals surface area contributed by atoms with Crippen LogP contribution < -0.4 is 0 Å². The van der Waals surface area contributed by atoms with Crippen molar-refractivity contribution in [3.8, 4) is 0 Å². The zero-order valence-electron chi connectivity index (χ0n) is 11.7. The topological polar surface area (TPSA) is 34.1 Å². The van der Waals surface area contributed by atoms with Crippen LogP contribution in [-0.4, -0.2) is 8.42 Å². The summed E-state index contributed by atoms with van der Waals surface area (Å²) in [5.41, 5.74) is 1.01. The van der Waals surface area contributed by atoms with Crippen LogP contribution in [0.15, 0.2) is 87.4 Å². The first-order valence-electron chi connectivity index (χ1n) is 6.34. The van der Waals surface area contributed by atoms with Gasteiger partial charge in [-0.15, -0.1) is 0 Å². The van der Waals surface area contributed by atoms with E-state index in [1.165, 1.54) is 11.8 Å². The second-order valence-corrected chi connectivity index (χ2v) is 7.72. The van der Waals surface area contributed by atoms with Gasteiger partial charge in [0.25, 0.3) is 0 Å². The lowest BCUT2D eigenvalue weighted by atomic mass is 10.2. The van der Waals surface area contributed by atoms with E-state index in [1.807, 2.05) is 37.3 Å². The van der Waals surface area contributed by atoms with E-state index < -0.39 is 9.84 Å². The summed E-state index contributed by atoms with van der Waals surface area (Å²) in [4.78, 5) is 1.65. The maximum atomic E-state index is 12.5. The Morgan fingerprint density at radius 2 is 1.52 bits per heavy atom. The van der Waals surface area contributed by atoms with Gasteiger partial charge < -0.3 is 0 Å². The average Bonchev–Trinajstić information content (AvgIpc) is 2.48. The van der Waals surface area contributed by atoms with E-state index in [0.717, 1.165) is 10.5 Å². The molecule has 0 aliphatic rings. The summed E-state index contributed by atoms with van der Waals surface area (Å²) in [6.45, 7) is 9.47. The van der Waals surface area contributed by atoms with Gasteiger partial charge in [0.2, 0.25) is 9.84 Å². The first-order valence-corrected chi connectivity index (χ1v) is 8.64. The minimum absolute atomic E-state index is 0.0419. The van der Waals surface area contributed by atoms with Gasteiger partial charge >= 0.3 is 0 Å². The van der Waals surface area contributed by atoms with Crippen LogP contribution in [-0.2, 0) is 9.84 Å². The van der Waals surface area contributed by atoms with E-state index in [2.05, 4.69) is 13.2 Å². The summed E-state index contributed by atoms with van der Waals surface area (Å²) in [6, 6.07) is 16.2. The number of rotatable bonds is 5. The quantitative estimate of drug-likeness (QED) is 0.598. The summed E-state index contributed by atoms with van der Waals surface area (Å²) in [5, 5.41) is 0. The Morgan fingerprint density at radius 3 is 2.10 bits per heavy atom. The molecule has 4 heteroatoms.